The van der Waals surface area contributed by atoms with Gasteiger partial charge in [0.25, 0.3) is 0 Å². The van der Waals surface area contributed by atoms with Crippen LogP contribution in [0.1, 0.15) is 30.5 Å². The Morgan fingerprint density at radius 3 is 1.58 bits per heavy atom. The van der Waals surface area contributed by atoms with Crippen LogP contribution in [-0.2, 0) is 5.41 Å². The fourth-order valence-corrected chi connectivity index (χ4v) is 9.77. The highest BCUT2D eigenvalue weighted by Crippen LogP contribution is 2.53. The minimum atomic E-state index is -0.118. The summed E-state index contributed by atoms with van der Waals surface area (Å²) in [4.78, 5) is 4.87. The normalized spacial score (nSPS) is 12.7. The second-order valence-corrected chi connectivity index (χ2v) is 16.6. The summed E-state index contributed by atoms with van der Waals surface area (Å²) < 4.78 is 0. The van der Waals surface area contributed by atoms with Gasteiger partial charge in [0.2, 0.25) is 0 Å². The lowest BCUT2D eigenvalue weighted by Gasteiger charge is -2.31. The molecule has 0 aromatic heterocycles. The van der Waals surface area contributed by atoms with Gasteiger partial charge in [-0.25, -0.2) is 0 Å². The quantitative estimate of drug-likeness (QED) is 0.149. The molecule has 0 N–H and O–H groups in total. The third kappa shape index (κ3) is 5.71. The molecule has 0 saturated heterocycles. The molecule has 0 fully saturated rings. The van der Waals surface area contributed by atoms with Crippen LogP contribution in [0.2, 0.25) is 0 Å². The van der Waals surface area contributed by atoms with Crippen molar-refractivity contribution in [2.75, 3.05) is 9.80 Å². The number of nitrogens with zero attached hydrogens (tertiary/aromatic N) is 2. The zero-order valence-electron chi connectivity index (χ0n) is 34.1. The zero-order valence-corrected chi connectivity index (χ0v) is 34.1. The van der Waals surface area contributed by atoms with E-state index in [1.165, 1.54) is 76.9 Å². The van der Waals surface area contributed by atoms with Gasteiger partial charge < -0.3 is 9.80 Å². The first kappa shape index (κ1) is 35.7. The molecule has 0 heterocycles. The lowest BCUT2D eigenvalue weighted by atomic mass is 9.82. The summed E-state index contributed by atoms with van der Waals surface area (Å²) in [6, 6.07) is 78.1. The Bertz CT molecular complexity index is 3170. The molecule has 0 unspecified atom stereocenters. The summed E-state index contributed by atoms with van der Waals surface area (Å²) in [5.74, 6) is 0. The van der Waals surface area contributed by atoms with Crippen molar-refractivity contribution in [1.29, 1.82) is 0 Å². The van der Waals surface area contributed by atoms with Crippen molar-refractivity contribution in [3.05, 3.63) is 229 Å². The van der Waals surface area contributed by atoms with Gasteiger partial charge in [-0.05, 0) is 111 Å². The number of hydrogen-bond acceptors (Lipinski definition) is 2. The number of anilines is 6. The lowest BCUT2D eigenvalue weighted by molar-refractivity contribution is 0.660. The van der Waals surface area contributed by atoms with Crippen molar-refractivity contribution in [2.24, 2.45) is 0 Å². The monoisotopic (exact) mass is 768 g/mol. The van der Waals surface area contributed by atoms with Crippen molar-refractivity contribution >= 4 is 66.4 Å². The summed E-state index contributed by atoms with van der Waals surface area (Å²) in [6.45, 7) is 6.87. The van der Waals surface area contributed by atoms with Gasteiger partial charge in [0.1, 0.15) is 0 Å². The van der Waals surface area contributed by atoms with Crippen molar-refractivity contribution < 1.29 is 0 Å². The van der Waals surface area contributed by atoms with E-state index in [-0.39, 0.29) is 5.41 Å². The van der Waals surface area contributed by atoms with Gasteiger partial charge in [0.15, 0.2) is 0 Å². The van der Waals surface area contributed by atoms with Gasteiger partial charge in [-0.3, -0.25) is 0 Å². The predicted octanol–water partition coefficient (Wildman–Crippen LogP) is 16.4. The molecular weight excluding hydrogens is 725 g/mol. The van der Waals surface area contributed by atoms with E-state index in [1.807, 2.05) is 0 Å². The topological polar surface area (TPSA) is 6.48 Å². The summed E-state index contributed by atoms with van der Waals surface area (Å²) >= 11 is 0. The molecular formula is C58H44N2. The van der Waals surface area contributed by atoms with Crippen LogP contribution in [0.3, 0.4) is 0 Å². The van der Waals surface area contributed by atoms with Crippen molar-refractivity contribution in [2.45, 2.75) is 26.2 Å². The van der Waals surface area contributed by atoms with Crippen molar-refractivity contribution in [1.82, 2.24) is 0 Å². The summed E-state index contributed by atoms with van der Waals surface area (Å²) in [6.07, 6.45) is 0. The molecule has 0 spiro atoms. The summed E-state index contributed by atoms with van der Waals surface area (Å²) in [7, 11) is 0. The summed E-state index contributed by atoms with van der Waals surface area (Å²) in [5.41, 5.74) is 15.8. The van der Waals surface area contributed by atoms with E-state index in [1.54, 1.807) is 0 Å². The second-order valence-electron chi connectivity index (χ2n) is 16.6. The second kappa shape index (κ2) is 14.1. The molecule has 0 amide bonds. The molecule has 10 aromatic carbocycles. The van der Waals surface area contributed by atoms with E-state index in [0.29, 0.717) is 0 Å². The SMILES string of the molecule is Cc1ccc(N(c2ccc(-c3c4ccccc4c(N(c4ccccc4)c4ccc5c(c4)C(C)(C)c4ccccc4-5)c4ccccc34)cc2)c2cccc3ccccc23)cc1. The van der Waals surface area contributed by atoms with Crippen LogP contribution in [-0.4, -0.2) is 0 Å². The fraction of sp³-hybridized carbons (Fsp3) is 0.0690. The van der Waals surface area contributed by atoms with Crippen molar-refractivity contribution in [3.63, 3.8) is 0 Å². The Kier molecular flexibility index (Phi) is 8.42. The molecule has 0 radical (unpaired) electrons. The number of aryl methyl sites for hydroxylation is 1. The average molecular weight is 769 g/mol. The minimum absolute atomic E-state index is 0.118. The molecule has 60 heavy (non-hydrogen) atoms. The van der Waals surface area contributed by atoms with Gasteiger partial charge in [-0.1, -0.05) is 177 Å². The van der Waals surface area contributed by atoms with E-state index in [4.69, 9.17) is 0 Å². The molecule has 1 aliphatic rings. The van der Waals surface area contributed by atoms with Crippen LogP contribution < -0.4 is 9.80 Å². The molecule has 10 aromatic rings. The smallest absolute Gasteiger partial charge is 0.0618 e. The average Bonchev–Trinajstić information content (AvgIpc) is 3.53. The highest BCUT2D eigenvalue weighted by molar-refractivity contribution is 6.22. The van der Waals surface area contributed by atoms with E-state index < -0.39 is 0 Å². The molecule has 2 heteroatoms. The third-order valence-corrected chi connectivity index (χ3v) is 12.7. The number of para-hydroxylation sites is 1. The van der Waals surface area contributed by atoms with Crippen molar-refractivity contribution in [3.8, 4) is 22.3 Å². The predicted molar refractivity (Wildman–Crippen MR) is 256 cm³/mol. The Balaban J connectivity index is 1.10. The highest BCUT2D eigenvalue weighted by Gasteiger charge is 2.36. The first-order chi connectivity index (χ1) is 29.5. The van der Waals surface area contributed by atoms with Crippen LogP contribution in [0.4, 0.5) is 34.1 Å². The van der Waals surface area contributed by atoms with Gasteiger partial charge in [-0.2, -0.15) is 0 Å². The minimum Gasteiger partial charge on any atom is -0.310 e. The Hall–Kier alpha value is -7.42. The fourth-order valence-electron chi connectivity index (χ4n) is 9.77. The lowest BCUT2D eigenvalue weighted by Crippen LogP contribution is -2.17. The first-order valence-corrected chi connectivity index (χ1v) is 20.9. The number of rotatable bonds is 7. The Morgan fingerprint density at radius 1 is 0.367 bits per heavy atom. The van der Waals surface area contributed by atoms with E-state index >= 15 is 0 Å². The first-order valence-electron chi connectivity index (χ1n) is 20.9. The zero-order chi connectivity index (χ0) is 40.4. The van der Waals surface area contributed by atoms with Gasteiger partial charge in [0.05, 0.1) is 11.4 Å². The molecule has 1 aliphatic carbocycles. The van der Waals surface area contributed by atoms with E-state index in [2.05, 4.69) is 243 Å². The number of benzene rings is 10. The molecule has 0 bridgehead atoms. The van der Waals surface area contributed by atoms with Crippen LogP contribution >= 0.6 is 0 Å². The van der Waals surface area contributed by atoms with Gasteiger partial charge in [0, 0.05) is 44.3 Å². The maximum atomic E-state index is 2.49. The maximum Gasteiger partial charge on any atom is 0.0618 e. The van der Waals surface area contributed by atoms with Crippen LogP contribution in [0.5, 0.6) is 0 Å². The van der Waals surface area contributed by atoms with Gasteiger partial charge in [-0.15, -0.1) is 0 Å². The molecule has 286 valence electrons. The van der Waals surface area contributed by atoms with E-state index in [9.17, 15) is 0 Å². The highest BCUT2D eigenvalue weighted by atomic mass is 15.2. The Labute approximate surface area is 352 Å². The molecule has 0 atom stereocenters. The van der Waals surface area contributed by atoms with Crippen LogP contribution in [0.15, 0.2) is 212 Å². The van der Waals surface area contributed by atoms with Crippen LogP contribution in [0.25, 0.3) is 54.6 Å². The summed E-state index contributed by atoms with van der Waals surface area (Å²) in [5, 5.41) is 7.30. The van der Waals surface area contributed by atoms with Gasteiger partial charge >= 0.3 is 0 Å². The number of hydrogen-bond donors (Lipinski definition) is 0. The van der Waals surface area contributed by atoms with E-state index in [0.717, 1.165) is 28.4 Å². The standard InChI is InChI=1S/C58H44N2/c1-39-28-32-43(33-29-39)59(55-27-15-17-40-16-7-8-20-46(40)55)44-34-30-41(31-35-44)56-49-22-9-11-24-51(49)57(52-25-12-10-23-50(52)56)60(42-18-5-4-6-19-42)45-36-37-48-47-21-13-14-26-53(47)58(2,3)54(48)38-45/h4-38H,1-3H3. The molecule has 2 nitrogen and oxygen atoms in total. The Morgan fingerprint density at radius 2 is 0.883 bits per heavy atom. The van der Waals surface area contributed by atoms with Crippen LogP contribution in [0, 0.1) is 6.92 Å². The third-order valence-electron chi connectivity index (χ3n) is 12.7. The maximum absolute atomic E-state index is 2.49. The number of fused-ring (bicyclic) bond motifs is 6. The molecule has 0 aliphatic heterocycles. The largest absolute Gasteiger partial charge is 0.310 e. The molecule has 0 saturated carbocycles. The molecule has 11 rings (SSSR count).